The summed E-state index contributed by atoms with van der Waals surface area (Å²) in [6, 6.07) is 0.0824. The van der Waals surface area contributed by atoms with E-state index in [1.807, 2.05) is 4.90 Å². The smallest absolute Gasteiger partial charge is 0.254 e. The van der Waals surface area contributed by atoms with Gasteiger partial charge >= 0.3 is 0 Å². The van der Waals surface area contributed by atoms with E-state index in [1.54, 1.807) is 13.8 Å². The molecule has 1 aliphatic rings. The Bertz CT molecular complexity index is 582. The SMILES string of the molecule is Cc1nc(C)c(CC(=O)N2CCC(C)CC2CN)c(=O)[nH]1. The lowest BCUT2D eigenvalue weighted by Gasteiger charge is -2.38. The van der Waals surface area contributed by atoms with E-state index in [4.69, 9.17) is 5.73 Å². The second-order valence-corrected chi connectivity index (χ2v) is 6.00. The summed E-state index contributed by atoms with van der Waals surface area (Å²) in [6.07, 6.45) is 2.02. The summed E-state index contributed by atoms with van der Waals surface area (Å²) in [5.41, 5.74) is 6.66. The van der Waals surface area contributed by atoms with Crippen LogP contribution >= 0.6 is 0 Å². The molecule has 2 heterocycles. The molecule has 0 aromatic carbocycles. The number of carbonyl (C=O) groups excluding carboxylic acids is 1. The lowest BCUT2D eigenvalue weighted by molar-refractivity contribution is -0.134. The lowest BCUT2D eigenvalue weighted by atomic mass is 9.92. The number of piperidine rings is 1. The number of carbonyl (C=O) groups is 1. The van der Waals surface area contributed by atoms with Crippen molar-refractivity contribution in [1.29, 1.82) is 0 Å². The highest BCUT2D eigenvalue weighted by Gasteiger charge is 2.29. The van der Waals surface area contributed by atoms with Crippen molar-refractivity contribution in [3.63, 3.8) is 0 Å². The van der Waals surface area contributed by atoms with E-state index < -0.39 is 0 Å². The van der Waals surface area contributed by atoms with Crippen LogP contribution in [0.5, 0.6) is 0 Å². The summed E-state index contributed by atoms with van der Waals surface area (Å²) in [5, 5.41) is 0. The van der Waals surface area contributed by atoms with Gasteiger partial charge in [-0.15, -0.1) is 0 Å². The molecule has 0 aliphatic carbocycles. The number of aromatic nitrogens is 2. The minimum atomic E-state index is -0.219. The Balaban J connectivity index is 2.16. The molecule has 0 bridgehead atoms. The predicted molar refractivity (Wildman–Crippen MR) is 81.0 cm³/mol. The summed E-state index contributed by atoms with van der Waals surface area (Å²) >= 11 is 0. The highest BCUT2D eigenvalue weighted by molar-refractivity contribution is 5.79. The second-order valence-electron chi connectivity index (χ2n) is 6.00. The molecule has 2 rings (SSSR count). The Morgan fingerprint density at radius 3 is 2.81 bits per heavy atom. The van der Waals surface area contributed by atoms with Gasteiger partial charge in [0, 0.05) is 30.4 Å². The van der Waals surface area contributed by atoms with Gasteiger partial charge in [0.25, 0.3) is 5.56 Å². The Hall–Kier alpha value is -1.69. The molecule has 6 nitrogen and oxygen atoms in total. The van der Waals surface area contributed by atoms with Gasteiger partial charge in [0.05, 0.1) is 6.42 Å². The maximum absolute atomic E-state index is 12.5. The van der Waals surface area contributed by atoms with Gasteiger partial charge in [-0.25, -0.2) is 4.98 Å². The number of nitrogens with one attached hydrogen (secondary N) is 1. The van der Waals surface area contributed by atoms with E-state index in [1.165, 1.54) is 0 Å². The largest absolute Gasteiger partial charge is 0.338 e. The van der Waals surface area contributed by atoms with Gasteiger partial charge in [0.2, 0.25) is 5.91 Å². The molecule has 1 fully saturated rings. The van der Waals surface area contributed by atoms with Crippen LogP contribution in [0.15, 0.2) is 4.79 Å². The van der Waals surface area contributed by atoms with Gasteiger partial charge < -0.3 is 15.6 Å². The minimum absolute atomic E-state index is 0.0309. The number of hydrogen-bond donors (Lipinski definition) is 2. The van der Waals surface area contributed by atoms with E-state index in [2.05, 4.69) is 16.9 Å². The van der Waals surface area contributed by atoms with Crippen molar-refractivity contribution < 1.29 is 4.79 Å². The molecule has 1 saturated heterocycles. The normalized spacial score (nSPS) is 22.4. The van der Waals surface area contributed by atoms with Crippen LogP contribution in [-0.2, 0) is 11.2 Å². The molecule has 1 aromatic heterocycles. The quantitative estimate of drug-likeness (QED) is 0.849. The molecular weight excluding hydrogens is 268 g/mol. The number of aromatic amines is 1. The average Bonchev–Trinajstić information content (AvgIpc) is 2.42. The number of likely N-dealkylation sites (tertiary alicyclic amines) is 1. The van der Waals surface area contributed by atoms with Crippen LogP contribution in [0.3, 0.4) is 0 Å². The van der Waals surface area contributed by atoms with Crippen molar-refractivity contribution in [1.82, 2.24) is 14.9 Å². The van der Waals surface area contributed by atoms with E-state index in [0.29, 0.717) is 29.5 Å². The first kappa shape index (κ1) is 15.7. The number of aryl methyl sites for hydroxylation is 2. The monoisotopic (exact) mass is 292 g/mol. The molecule has 0 radical (unpaired) electrons. The number of hydrogen-bond acceptors (Lipinski definition) is 4. The van der Waals surface area contributed by atoms with Crippen LogP contribution in [0.2, 0.25) is 0 Å². The molecule has 3 N–H and O–H groups in total. The first-order valence-electron chi connectivity index (χ1n) is 7.48. The van der Waals surface area contributed by atoms with Crippen LogP contribution in [0.1, 0.15) is 36.8 Å². The van der Waals surface area contributed by atoms with Crippen molar-refractivity contribution in [2.75, 3.05) is 13.1 Å². The number of amides is 1. The fourth-order valence-electron chi connectivity index (χ4n) is 3.02. The van der Waals surface area contributed by atoms with E-state index in [-0.39, 0.29) is 23.9 Å². The van der Waals surface area contributed by atoms with Crippen molar-refractivity contribution >= 4 is 5.91 Å². The molecule has 6 heteroatoms. The first-order valence-corrected chi connectivity index (χ1v) is 7.48. The molecule has 2 atom stereocenters. The zero-order valence-electron chi connectivity index (χ0n) is 13.0. The topological polar surface area (TPSA) is 92.1 Å². The van der Waals surface area contributed by atoms with Gasteiger partial charge in [0.1, 0.15) is 5.82 Å². The van der Waals surface area contributed by atoms with Gasteiger partial charge in [-0.05, 0) is 32.6 Å². The fourth-order valence-corrected chi connectivity index (χ4v) is 3.02. The summed E-state index contributed by atoms with van der Waals surface area (Å²) in [5.74, 6) is 1.13. The zero-order valence-corrected chi connectivity index (χ0v) is 13.0. The number of H-pyrrole nitrogens is 1. The van der Waals surface area contributed by atoms with Gasteiger partial charge in [-0.1, -0.05) is 6.92 Å². The van der Waals surface area contributed by atoms with Crippen molar-refractivity contribution in [3.8, 4) is 0 Å². The summed E-state index contributed by atoms with van der Waals surface area (Å²) in [4.78, 5) is 33.2. The Labute approximate surface area is 124 Å². The summed E-state index contributed by atoms with van der Waals surface area (Å²) < 4.78 is 0. The van der Waals surface area contributed by atoms with Crippen LogP contribution in [0.25, 0.3) is 0 Å². The average molecular weight is 292 g/mol. The first-order chi connectivity index (χ1) is 9.92. The Morgan fingerprint density at radius 2 is 2.19 bits per heavy atom. The van der Waals surface area contributed by atoms with Gasteiger partial charge in [-0.3, -0.25) is 9.59 Å². The third-order valence-corrected chi connectivity index (χ3v) is 4.24. The maximum Gasteiger partial charge on any atom is 0.254 e. The van der Waals surface area contributed by atoms with Crippen LogP contribution < -0.4 is 11.3 Å². The van der Waals surface area contributed by atoms with Gasteiger partial charge in [0.15, 0.2) is 0 Å². The summed E-state index contributed by atoms with van der Waals surface area (Å²) in [7, 11) is 0. The summed E-state index contributed by atoms with van der Waals surface area (Å²) in [6.45, 7) is 6.87. The third-order valence-electron chi connectivity index (χ3n) is 4.24. The fraction of sp³-hybridized carbons (Fsp3) is 0.667. The lowest BCUT2D eigenvalue weighted by Crippen LogP contribution is -2.50. The van der Waals surface area contributed by atoms with Crippen molar-refractivity contribution in [3.05, 3.63) is 27.4 Å². The molecule has 0 spiro atoms. The number of nitrogens with zero attached hydrogens (tertiary/aromatic N) is 2. The third kappa shape index (κ3) is 3.50. The molecule has 1 amide bonds. The molecular formula is C15H24N4O2. The molecule has 2 unspecified atom stereocenters. The van der Waals surface area contributed by atoms with Crippen LogP contribution in [0.4, 0.5) is 0 Å². The Kier molecular flexibility index (Phi) is 4.77. The van der Waals surface area contributed by atoms with Crippen LogP contribution in [0, 0.1) is 19.8 Å². The van der Waals surface area contributed by atoms with Crippen LogP contribution in [-0.4, -0.2) is 39.9 Å². The Morgan fingerprint density at radius 1 is 1.48 bits per heavy atom. The molecule has 1 aromatic rings. The second kappa shape index (κ2) is 6.39. The molecule has 0 saturated carbocycles. The minimum Gasteiger partial charge on any atom is -0.338 e. The standard InChI is InChI=1S/C15H24N4O2/c1-9-4-5-19(12(6-9)8-16)14(20)7-13-10(2)17-11(3)18-15(13)21/h9,12H,4-8,16H2,1-3H3,(H,17,18,21). The molecule has 1 aliphatic heterocycles. The van der Waals surface area contributed by atoms with Crippen molar-refractivity contribution in [2.45, 2.75) is 46.1 Å². The molecule has 116 valence electrons. The zero-order chi connectivity index (χ0) is 15.6. The van der Waals surface area contributed by atoms with Crippen molar-refractivity contribution in [2.24, 2.45) is 11.7 Å². The van der Waals surface area contributed by atoms with E-state index >= 15 is 0 Å². The highest BCUT2D eigenvalue weighted by Crippen LogP contribution is 2.22. The highest BCUT2D eigenvalue weighted by atomic mass is 16.2. The van der Waals surface area contributed by atoms with E-state index in [0.717, 1.165) is 19.4 Å². The number of rotatable bonds is 3. The number of nitrogens with two attached hydrogens (primary N) is 1. The van der Waals surface area contributed by atoms with Gasteiger partial charge in [-0.2, -0.15) is 0 Å². The predicted octanol–water partition coefficient (Wildman–Crippen LogP) is 0.515. The van der Waals surface area contributed by atoms with E-state index in [9.17, 15) is 9.59 Å². The maximum atomic E-state index is 12.5. The molecule has 21 heavy (non-hydrogen) atoms.